The SMILES string of the molecule is Cc1nccc(C(O)C2(C#N)CCCC2)n1. The lowest BCUT2D eigenvalue weighted by molar-refractivity contribution is 0.0630. The molecule has 0 saturated heterocycles. The van der Waals surface area contributed by atoms with Gasteiger partial charge < -0.3 is 5.11 Å². The maximum absolute atomic E-state index is 10.3. The lowest BCUT2D eigenvalue weighted by Crippen LogP contribution is -2.25. The minimum absolute atomic E-state index is 0.566. The van der Waals surface area contributed by atoms with Gasteiger partial charge in [-0.25, -0.2) is 9.97 Å². The van der Waals surface area contributed by atoms with Gasteiger partial charge in [0.25, 0.3) is 0 Å². The second kappa shape index (κ2) is 4.18. The van der Waals surface area contributed by atoms with E-state index in [4.69, 9.17) is 0 Å². The summed E-state index contributed by atoms with van der Waals surface area (Å²) in [5.41, 5.74) is -0.0724. The molecule has 1 aromatic heterocycles. The molecule has 1 aliphatic rings. The highest BCUT2D eigenvalue weighted by molar-refractivity contribution is 5.16. The van der Waals surface area contributed by atoms with Crippen molar-refractivity contribution in [1.82, 2.24) is 9.97 Å². The minimum atomic E-state index is -0.790. The van der Waals surface area contributed by atoms with Crippen LogP contribution in [0.15, 0.2) is 12.3 Å². The highest BCUT2D eigenvalue weighted by atomic mass is 16.3. The van der Waals surface area contributed by atoms with Crippen molar-refractivity contribution in [2.24, 2.45) is 5.41 Å². The largest absolute Gasteiger partial charge is 0.385 e. The third kappa shape index (κ3) is 1.79. The maximum atomic E-state index is 10.3. The summed E-state index contributed by atoms with van der Waals surface area (Å²) in [7, 11) is 0. The molecule has 4 nitrogen and oxygen atoms in total. The highest BCUT2D eigenvalue weighted by Gasteiger charge is 2.42. The standard InChI is InChI=1S/C12H15N3O/c1-9-14-7-4-10(15-9)11(16)12(8-13)5-2-3-6-12/h4,7,11,16H,2-3,5-6H2,1H3. The monoisotopic (exact) mass is 217 g/mol. The van der Waals surface area contributed by atoms with Crippen LogP contribution in [0.1, 0.15) is 43.3 Å². The fourth-order valence-corrected chi connectivity index (χ4v) is 2.36. The average molecular weight is 217 g/mol. The van der Waals surface area contributed by atoms with E-state index in [-0.39, 0.29) is 0 Å². The molecule has 1 atom stereocenters. The van der Waals surface area contributed by atoms with Crippen LogP contribution in [0.25, 0.3) is 0 Å². The smallest absolute Gasteiger partial charge is 0.125 e. The van der Waals surface area contributed by atoms with Gasteiger partial charge in [-0.2, -0.15) is 5.26 Å². The Kier molecular flexibility index (Phi) is 2.88. The number of aromatic nitrogens is 2. The summed E-state index contributed by atoms with van der Waals surface area (Å²) in [5.74, 6) is 0.627. The molecule has 0 aliphatic heterocycles. The van der Waals surface area contributed by atoms with Crippen molar-refractivity contribution in [2.75, 3.05) is 0 Å². The molecule has 2 rings (SSSR count). The molecule has 16 heavy (non-hydrogen) atoms. The summed E-state index contributed by atoms with van der Waals surface area (Å²) in [6, 6.07) is 3.97. The Balaban J connectivity index is 2.31. The van der Waals surface area contributed by atoms with Crippen LogP contribution in [0.2, 0.25) is 0 Å². The second-order valence-electron chi connectivity index (χ2n) is 4.41. The number of hydrogen-bond acceptors (Lipinski definition) is 4. The van der Waals surface area contributed by atoms with Gasteiger partial charge in [-0.15, -0.1) is 0 Å². The van der Waals surface area contributed by atoms with E-state index in [0.29, 0.717) is 11.5 Å². The van der Waals surface area contributed by atoms with Crippen molar-refractivity contribution in [3.05, 3.63) is 23.8 Å². The summed E-state index contributed by atoms with van der Waals surface area (Å²) in [5, 5.41) is 19.5. The van der Waals surface area contributed by atoms with E-state index in [1.54, 1.807) is 19.2 Å². The lowest BCUT2D eigenvalue weighted by atomic mass is 9.80. The van der Waals surface area contributed by atoms with Crippen LogP contribution < -0.4 is 0 Å². The third-order valence-electron chi connectivity index (χ3n) is 3.32. The zero-order valence-electron chi connectivity index (χ0n) is 9.35. The zero-order valence-corrected chi connectivity index (χ0v) is 9.35. The zero-order chi connectivity index (χ0) is 11.6. The van der Waals surface area contributed by atoms with Crippen LogP contribution in [0.5, 0.6) is 0 Å². The summed E-state index contributed by atoms with van der Waals surface area (Å²) in [6.45, 7) is 1.78. The molecule has 1 saturated carbocycles. The van der Waals surface area contributed by atoms with Gasteiger partial charge in [-0.05, 0) is 25.8 Å². The summed E-state index contributed by atoms with van der Waals surface area (Å²) in [6.07, 6.45) is 4.37. The van der Waals surface area contributed by atoms with E-state index in [2.05, 4.69) is 16.0 Å². The molecule has 0 bridgehead atoms. The number of nitriles is 1. The number of aliphatic hydroxyl groups excluding tert-OH is 1. The maximum Gasteiger partial charge on any atom is 0.125 e. The summed E-state index contributed by atoms with van der Waals surface area (Å²) in [4.78, 5) is 8.19. The van der Waals surface area contributed by atoms with Crippen LogP contribution in [-0.2, 0) is 0 Å². The highest BCUT2D eigenvalue weighted by Crippen LogP contribution is 2.46. The van der Waals surface area contributed by atoms with Crippen LogP contribution in [0.4, 0.5) is 0 Å². The normalized spacial score (nSPS) is 20.3. The minimum Gasteiger partial charge on any atom is -0.385 e. The molecule has 1 aromatic rings. The molecule has 4 heteroatoms. The van der Waals surface area contributed by atoms with Crippen molar-refractivity contribution in [3.63, 3.8) is 0 Å². The second-order valence-corrected chi connectivity index (χ2v) is 4.41. The van der Waals surface area contributed by atoms with Gasteiger partial charge in [0.15, 0.2) is 0 Å². The number of hydrogen-bond donors (Lipinski definition) is 1. The molecule has 0 aromatic carbocycles. The quantitative estimate of drug-likeness (QED) is 0.821. The van der Waals surface area contributed by atoms with Crippen LogP contribution in [-0.4, -0.2) is 15.1 Å². The Morgan fingerprint density at radius 1 is 1.50 bits per heavy atom. The van der Waals surface area contributed by atoms with Crippen molar-refractivity contribution in [2.45, 2.75) is 38.7 Å². The Labute approximate surface area is 95.0 Å². The molecular formula is C12H15N3O. The van der Waals surface area contributed by atoms with Gasteiger partial charge in [0.05, 0.1) is 17.2 Å². The van der Waals surface area contributed by atoms with Crippen LogP contribution >= 0.6 is 0 Å². The predicted octanol–water partition coefficient (Wildman–Crippen LogP) is 1.90. The van der Waals surface area contributed by atoms with E-state index in [1.807, 2.05) is 0 Å². The predicted molar refractivity (Wildman–Crippen MR) is 58.2 cm³/mol. The van der Waals surface area contributed by atoms with Gasteiger partial charge in [-0.1, -0.05) is 12.8 Å². The number of aryl methyl sites for hydroxylation is 1. The van der Waals surface area contributed by atoms with E-state index < -0.39 is 11.5 Å². The Morgan fingerprint density at radius 3 is 2.75 bits per heavy atom. The Bertz CT molecular complexity index is 419. The van der Waals surface area contributed by atoms with E-state index in [9.17, 15) is 10.4 Å². The van der Waals surface area contributed by atoms with Gasteiger partial charge in [-0.3, -0.25) is 0 Å². The summed E-state index contributed by atoms with van der Waals surface area (Å²) >= 11 is 0. The van der Waals surface area contributed by atoms with E-state index >= 15 is 0 Å². The first-order chi connectivity index (χ1) is 7.68. The van der Waals surface area contributed by atoms with Crippen molar-refractivity contribution < 1.29 is 5.11 Å². The molecule has 0 radical (unpaired) electrons. The Hall–Kier alpha value is -1.47. The number of aliphatic hydroxyl groups is 1. The third-order valence-corrected chi connectivity index (χ3v) is 3.32. The number of rotatable bonds is 2. The van der Waals surface area contributed by atoms with Gasteiger partial charge in [0.1, 0.15) is 11.9 Å². The molecule has 1 unspecified atom stereocenters. The van der Waals surface area contributed by atoms with Crippen molar-refractivity contribution in [1.29, 1.82) is 5.26 Å². The lowest BCUT2D eigenvalue weighted by Gasteiger charge is -2.26. The van der Waals surface area contributed by atoms with E-state index in [1.165, 1.54) is 0 Å². The first-order valence-corrected chi connectivity index (χ1v) is 5.57. The van der Waals surface area contributed by atoms with Crippen LogP contribution in [0.3, 0.4) is 0 Å². The molecule has 1 fully saturated rings. The van der Waals surface area contributed by atoms with E-state index in [0.717, 1.165) is 25.7 Å². The average Bonchev–Trinajstić information content (AvgIpc) is 2.78. The van der Waals surface area contributed by atoms with Gasteiger partial charge in [0.2, 0.25) is 0 Å². The van der Waals surface area contributed by atoms with Gasteiger partial charge in [0, 0.05) is 6.20 Å². The first-order valence-electron chi connectivity index (χ1n) is 5.57. The molecule has 1 aliphatic carbocycles. The molecule has 0 spiro atoms. The van der Waals surface area contributed by atoms with Crippen LogP contribution in [0, 0.1) is 23.7 Å². The molecule has 1 heterocycles. The summed E-state index contributed by atoms with van der Waals surface area (Å²) < 4.78 is 0. The van der Waals surface area contributed by atoms with Crippen molar-refractivity contribution >= 4 is 0 Å². The fourth-order valence-electron chi connectivity index (χ4n) is 2.36. The number of nitrogens with zero attached hydrogens (tertiary/aromatic N) is 3. The Morgan fingerprint density at radius 2 is 2.19 bits per heavy atom. The van der Waals surface area contributed by atoms with Crippen molar-refractivity contribution in [3.8, 4) is 6.07 Å². The fraction of sp³-hybridized carbons (Fsp3) is 0.583. The first kappa shape index (κ1) is 11.0. The molecule has 84 valence electrons. The molecule has 1 N–H and O–H groups in total. The molecule has 0 amide bonds. The van der Waals surface area contributed by atoms with Gasteiger partial charge >= 0.3 is 0 Å². The topological polar surface area (TPSA) is 69.8 Å². The molecular weight excluding hydrogens is 202 g/mol.